The summed E-state index contributed by atoms with van der Waals surface area (Å²) in [5.41, 5.74) is 5.46. The Hall–Kier alpha value is -2.02. The number of anilines is 1. The summed E-state index contributed by atoms with van der Waals surface area (Å²) in [4.78, 5) is 14.3. The van der Waals surface area contributed by atoms with Crippen LogP contribution in [0.2, 0.25) is 0 Å². The topological polar surface area (TPSA) is 95.2 Å². The number of hydrogen-bond acceptors (Lipinski definition) is 6. The zero-order valence-corrected chi connectivity index (χ0v) is 9.52. The molecular formula is C10H9N3O3S. The third kappa shape index (κ3) is 2.76. The van der Waals surface area contributed by atoms with Gasteiger partial charge >= 0.3 is 5.69 Å². The molecule has 6 nitrogen and oxygen atoms in total. The van der Waals surface area contributed by atoms with Crippen molar-refractivity contribution >= 4 is 23.3 Å². The van der Waals surface area contributed by atoms with Crippen LogP contribution in [0.4, 0.5) is 11.5 Å². The van der Waals surface area contributed by atoms with E-state index in [1.54, 1.807) is 18.4 Å². The minimum absolute atomic E-state index is 0.0456. The van der Waals surface area contributed by atoms with Crippen molar-refractivity contribution < 1.29 is 9.34 Å². The van der Waals surface area contributed by atoms with E-state index in [4.69, 9.17) is 10.2 Å². The Bertz CT molecular complexity index is 528. The van der Waals surface area contributed by atoms with Crippen LogP contribution in [0.3, 0.4) is 0 Å². The molecule has 0 radical (unpaired) electrons. The number of furan rings is 1. The molecule has 2 aromatic rings. The number of pyridine rings is 1. The molecule has 0 unspecified atom stereocenters. The SMILES string of the molecule is Nc1ccc([N+](=O)[O-])c(SCc2ccco2)n1. The van der Waals surface area contributed by atoms with Crippen LogP contribution in [0.1, 0.15) is 5.76 Å². The van der Waals surface area contributed by atoms with Crippen LogP contribution in [-0.2, 0) is 5.75 Å². The second-order valence-electron chi connectivity index (χ2n) is 3.19. The maximum atomic E-state index is 10.8. The van der Waals surface area contributed by atoms with Gasteiger partial charge in [0.05, 0.1) is 16.9 Å². The van der Waals surface area contributed by atoms with E-state index in [0.717, 1.165) is 5.76 Å². The van der Waals surface area contributed by atoms with Crippen LogP contribution >= 0.6 is 11.8 Å². The minimum Gasteiger partial charge on any atom is -0.468 e. The van der Waals surface area contributed by atoms with E-state index < -0.39 is 4.92 Å². The molecule has 0 bridgehead atoms. The summed E-state index contributed by atoms with van der Waals surface area (Å²) in [5.74, 6) is 1.47. The molecule has 0 aliphatic rings. The maximum absolute atomic E-state index is 10.8. The summed E-state index contributed by atoms with van der Waals surface area (Å²) >= 11 is 1.22. The Kier molecular flexibility index (Phi) is 3.29. The average molecular weight is 251 g/mol. The van der Waals surface area contributed by atoms with Crippen LogP contribution in [0.5, 0.6) is 0 Å². The van der Waals surface area contributed by atoms with Crippen molar-refractivity contribution in [2.45, 2.75) is 10.8 Å². The molecule has 0 spiro atoms. The lowest BCUT2D eigenvalue weighted by molar-refractivity contribution is -0.388. The van der Waals surface area contributed by atoms with E-state index in [-0.39, 0.29) is 11.5 Å². The Morgan fingerprint density at radius 2 is 2.29 bits per heavy atom. The third-order valence-corrected chi connectivity index (χ3v) is 2.99. The molecule has 7 heteroatoms. The van der Waals surface area contributed by atoms with Gasteiger partial charge in [-0.05, 0) is 18.2 Å². The summed E-state index contributed by atoms with van der Waals surface area (Å²) in [6.45, 7) is 0. The number of nitrogens with two attached hydrogens (primary N) is 1. The van der Waals surface area contributed by atoms with E-state index in [1.807, 2.05) is 0 Å². The van der Waals surface area contributed by atoms with Crippen LogP contribution < -0.4 is 5.73 Å². The molecular weight excluding hydrogens is 242 g/mol. The highest BCUT2D eigenvalue weighted by molar-refractivity contribution is 7.98. The van der Waals surface area contributed by atoms with Gasteiger partial charge in [-0.25, -0.2) is 4.98 Å². The van der Waals surface area contributed by atoms with E-state index in [1.165, 1.54) is 23.9 Å². The van der Waals surface area contributed by atoms with Crippen molar-refractivity contribution in [2.24, 2.45) is 0 Å². The van der Waals surface area contributed by atoms with Gasteiger partial charge in [-0.2, -0.15) is 0 Å². The van der Waals surface area contributed by atoms with Crippen molar-refractivity contribution in [1.29, 1.82) is 0 Å². The molecule has 0 aromatic carbocycles. The van der Waals surface area contributed by atoms with Crippen LogP contribution in [0.15, 0.2) is 40.0 Å². The predicted octanol–water partition coefficient (Wildman–Crippen LogP) is 2.46. The Balaban J connectivity index is 2.19. The fourth-order valence-electron chi connectivity index (χ4n) is 1.23. The van der Waals surface area contributed by atoms with Gasteiger partial charge in [-0.1, -0.05) is 11.8 Å². The van der Waals surface area contributed by atoms with E-state index in [0.29, 0.717) is 10.8 Å². The van der Waals surface area contributed by atoms with Gasteiger partial charge in [0.1, 0.15) is 11.6 Å². The highest BCUT2D eigenvalue weighted by atomic mass is 32.2. The highest BCUT2D eigenvalue weighted by Crippen LogP contribution is 2.30. The van der Waals surface area contributed by atoms with Crippen molar-refractivity contribution in [3.8, 4) is 0 Å². The molecule has 88 valence electrons. The van der Waals surface area contributed by atoms with Crippen molar-refractivity contribution in [1.82, 2.24) is 4.98 Å². The Labute approximate surface area is 101 Å². The number of nitrogens with zero attached hydrogens (tertiary/aromatic N) is 2. The maximum Gasteiger partial charge on any atom is 0.301 e. The monoisotopic (exact) mass is 251 g/mol. The van der Waals surface area contributed by atoms with Gasteiger partial charge < -0.3 is 10.2 Å². The first-order valence-corrected chi connectivity index (χ1v) is 5.71. The number of aromatic nitrogens is 1. The summed E-state index contributed by atoms with van der Waals surface area (Å²) in [6.07, 6.45) is 1.55. The third-order valence-electron chi connectivity index (χ3n) is 1.99. The summed E-state index contributed by atoms with van der Waals surface area (Å²) in [7, 11) is 0. The molecule has 0 saturated heterocycles. The number of rotatable bonds is 4. The lowest BCUT2D eigenvalue weighted by atomic mass is 10.4. The van der Waals surface area contributed by atoms with Gasteiger partial charge in [0, 0.05) is 6.07 Å². The van der Waals surface area contributed by atoms with Crippen molar-refractivity contribution in [2.75, 3.05) is 5.73 Å². The molecule has 0 atom stereocenters. The smallest absolute Gasteiger partial charge is 0.301 e. The van der Waals surface area contributed by atoms with E-state index in [2.05, 4.69) is 4.98 Å². The van der Waals surface area contributed by atoms with Crippen LogP contribution in [0, 0.1) is 10.1 Å². The molecule has 0 amide bonds. The quantitative estimate of drug-likeness (QED) is 0.509. The molecule has 0 aliphatic heterocycles. The molecule has 2 N–H and O–H groups in total. The van der Waals surface area contributed by atoms with Gasteiger partial charge in [0.2, 0.25) is 0 Å². The minimum atomic E-state index is -0.475. The standard InChI is InChI=1S/C10H9N3O3S/c11-9-4-3-8(13(14)15)10(12-9)17-6-7-2-1-5-16-7/h1-5H,6H2,(H2,11,12). The normalized spacial score (nSPS) is 10.4. The van der Waals surface area contributed by atoms with Crippen LogP contribution in [-0.4, -0.2) is 9.91 Å². The summed E-state index contributed by atoms with van der Waals surface area (Å²) < 4.78 is 5.14. The number of nitro groups is 1. The van der Waals surface area contributed by atoms with Crippen molar-refractivity contribution in [3.63, 3.8) is 0 Å². The second-order valence-corrected chi connectivity index (χ2v) is 4.15. The lowest BCUT2D eigenvalue weighted by Crippen LogP contribution is -1.97. The Morgan fingerprint density at radius 1 is 1.47 bits per heavy atom. The molecule has 2 aromatic heterocycles. The van der Waals surface area contributed by atoms with E-state index in [9.17, 15) is 10.1 Å². The fraction of sp³-hybridized carbons (Fsp3) is 0.100. The fourth-order valence-corrected chi connectivity index (χ4v) is 2.13. The van der Waals surface area contributed by atoms with Gasteiger partial charge in [0.15, 0.2) is 5.03 Å². The first-order valence-electron chi connectivity index (χ1n) is 4.73. The molecule has 0 aliphatic carbocycles. The Morgan fingerprint density at radius 3 is 2.94 bits per heavy atom. The molecule has 17 heavy (non-hydrogen) atoms. The summed E-state index contributed by atoms with van der Waals surface area (Å²) in [6, 6.07) is 6.32. The molecule has 0 saturated carbocycles. The first-order chi connectivity index (χ1) is 8.16. The van der Waals surface area contributed by atoms with Gasteiger partial charge in [-0.3, -0.25) is 10.1 Å². The molecule has 2 rings (SSSR count). The average Bonchev–Trinajstić information content (AvgIpc) is 2.78. The molecule has 0 fully saturated rings. The largest absolute Gasteiger partial charge is 0.468 e. The van der Waals surface area contributed by atoms with Crippen LogP contribution in [0.25, 0.3) is 0 Å². The number of thioether (sulfide) groups is 1. The summed E-state index contributed by atoms with van der Waals surface area (Å²) in [5, 5.41) is 11.1. The van der Waals surface area contributed by atoms with E-state index >= 15 is 0 Å². The second kappa shape index (κ2) is 4.88. The molecule has 2 heterocycles. The lowest BCUT2D eigenvalue weighted by Gasteiger charge is -2.01. The predicted molar refractivity (Wildman–Crippen MR) is 63.6 cm³/mol. The van der Waals surface area contributed by atoms with Crippen molar-refractivity contribution in [3.05, 3.63) is 46.4 Å². The number of nitrogen functional groups attached to an aromatic ring is 1. The first kappa shape index (κ1) is 11.5. The number of hydrogen-bond donors (Lipinski definition) is 1. The highest BCUT2D eigenvalue weighted by Gasteiger charge is 2.16. The zero-order valence-electron chi connectivity index (χ0n) is 8.70. The van der Waals surface area contributed by atoms with Gasteiger partial charge in [0.25, 0.3) is 0 Å². The van der Waals surface area contributed by atoms with Gasteiger partial charge in [-0.15, -0.1) is 0 Å². The zero-order chi connectivity index (χ0) is 12.3.